The molecule has 0 fully saturated rings. The van der Waals surface area contributed by atoms with Gasteiger partial charge >= 0.3 is 5.97 Å². The Bertz CT molecular complexity index is 1240. The summed E-state index contributed by atoms with van der Waals surface area (Å²) in [5.41, 5.74) is 2.35. The van der Waals surface area contributed by atoms with E-state index < -0.39 is 35.6 Å². The lowest BCUT2D eigenvalue weighted by Gasteiger charge is -2.22. The van der Waals surface area contributed by atoms with E-state index in [-0.39, 0.29) is 30.5 Å². The average Bonchev–Trinajstić information content (AvgIpc) is 3.09. The van der Waals surface area contributed by atoms with Gasteiger partial charge in [-0.1, -0.05) is 41.9 Å². The number of carbonyl (C=O) groups is 3. The molecule has 2 amide bonds. The Kier molecular flexibility index (Phi) is 7.28. The van der Waals surface area contributed by atoms with Crippen LogP contribution in [0.25, 0.3) is 11.1 Å². The van der Waals surface area contributed by atoms with Gasteiger partial charge in [-0.2, -0.15) is 0 Å². The minimum atomic E-state index is -1.22. The number of carboxylic acids is 1. The number of imide groups is 1. The molecule has 2 atom stereocenters. The summed E-state index contributed by atoms with van der Waals surface area (Å²) < 4.78 is 14.4. The summed E-state index contributed by atoms with van der Waals surface area (Å²) in [5, 5.41) is 20.8. The number of carboxylic acid groups (broad SMARTS) is 1. The molecule has 1 aliphatic rings. The van der Waals surface area contributed by atoms with Crippen molar-refractivity contribution in [2.24, 2.45) is 5.92 Å². The van der Waals surface area contributed by atoms with Crippen molar-refractivity contribution in [1.29, 1.82) is 0 Å². The Labute approximate surface area is 206 Å². The topological polar surface area (TPSA) is 94.9 Å². The van der Waals surface area contributed by atoms with Crippen LogP contribution in [0.15, 0.2) is 66.7 Å². The van der Waals surface area contributed by atoms with Gasteiger partial charge in [-0.15, -0.1) is 0 Å². The number of fused-ring (bicyclic) bond motifs is 1. The summed E-state index contributed by atoms with van der Waals surface area (Å²) in [6, 6.07) is 17.8. The molecule has 0 spiro atoms. The summed E-state index contributed by atoms with van der Waals surface area (Å²) in [6.07, 6.45) is -0.864. The van der Waals surface area contributed by atoms with Gasteiger partial charge in [0, 0.05) is 17.1 Å². The molecule has 1 heterocycles. The van der Waals surface area contributed by atoms with Gasteiger partial charge < -0.3 is 10.2 Å². The normalized spacial score (nSPS) is 14.7. The molecule has 0 saturated heterocycles. The van der Waals surface area contributed by atoms with Gasteiger partial charge in [0.15, 0.2) is 0 Å². The van der Waals surface area contributed by atoms with Crippen molar-refractivity contribution in [2.45, 2.75) is 25.4 Å². The second kappa shape index (κ2) is 10.4. The number of aliphatic hydroxyl groups is 1. The fourth-order valence-corrected chi connectivity index (χ4v) is 4.41. The fraction of sp³-hybridized carbons (Fsp3) is 0.222. The molecule has 0 bridgehead atoms. The minimum absolute atomic E-state index is 0.0819. The van der Waals surface area contributed by atoms with Gasteiger partial charge in [-0.3, -0.25) is 19.3 Å². The van der Waals surface area contributed by atoms with E-state index in [4.69, 9.17) is 11.6 Å². The third-order valence-corrected chi connectivity index (χ3v) is 6.49. The number of aliphatic carboxylic acids is 1. The van der Waals surface area contributed by atoms with Gasteiger partial charge in [0.2, 0.25) is 0 Å². The number of halogens is 2. The van der Waals surface area contributed by atoms with Crippen molar-refractivity contribution in [3.8, 4) is 11.1 Å². The summed E-state index contributed by atoms with van der Waals surface area (Å²) >= 11 is 5.91. The highest BCUT2D eigenvalue weighted by Gasteiger charge is 2.36. The fourth-order valence-electron chi connectivity index (χ4n) is 4.29. The van der Waals surface area contributed by atoms with Crippen molar-refractivity contribution in [3.63, 3.8) is 0 Å². The predicted molar refractivity (Wildman–Crippen MR) is 129 cm³/mol. The first-order valence-corrected chi connectivity index (χ1v) is 11.5. The maximum absolute atomic E-state index is 14.4. The van der Waals surface area contributed by atoms with E-state index in [0.717, 1.165) is 10.5 Å². The van der Waals surface area contributed by atoms with E-state index >= 15 is 0 Å². The van der Waals surface area contributed by atoms with Crippen molar-refractivity contribution < 1.29 is 29.0 Å². The van der Waals surface area contributed by atoms with Crippen LogP contribution in [0.5, 0.6) is 0 Å². The monoisotopic (exact) mass is 495 g/mol. The van der Waals surface area contributed by atoms with Crippen molar-refractivity contribution >= 4 is 29.4 Å². The van der Waals surface area contributed by atoms with Crippen molar-refractivity contribution in [3.05, 3.63) is 94.3 Å². The second-order valence-electron chi connectivity index (χ2n) is 8.47. The zero-order valence-corrected chi connectivity index (χ0v) is 19.4. The quantitative estimate of drug-likeness (QED) is 0.415. The summed E-state index contributed by atoms with van der Waals surface area (Å²) in [4.78, 5) is 37.9. The molecule has 3 aromatic rings. The number of nitrogens with zero attached hydrogens (tertiary/aromatic N) is 1. The Morgan fingerprint density at radius 3 is 2.14 bits per heavy atom. The standard InChI is InChI=1S/C27H23ClFNO5/c28-18-9-7-17(8-10-18)22-15-16(5-11-23(22)29)6-12-24(31)21(27(34)35)13-14-30-25(32)19-3-1-2-4-20(19)26(30)33/h1-5,7-11,15,21,24,31H,6,12-14H2,(H,34,35)/t21-,24+/m0/s1. The SMILES string of the molecule is O=C(O)[C@@H](CCN1C(=O)c2ccccc2C1=O)[C@H](O)CCc1ccc(F)c(-c2ccc(Cl)cc2)c1. The van der Waals surface area contributed by atoms with Crippen LogP contribution in [-0.2, 0) is 11.2 Å². The molecule has 3 aromatic carbocycles. The highest BCUT2D eigenvalue weighted by Crippen LogP contribution is 2.27. The molecular weight excluding hydrogens is 473 g/mol. The molecule has 0 unspecified atom stereocenters. The Balaban J connectivity index is 1.40. The Morgan fingerprint density at radius 1 is 0.914 bits per heavy atom. The van der Waals surface area contributed by atoms with Gasteiger partial charge in [0.1, 0.15) is 5.82 Å². The van der Waals surface area contributed by atoms with Gasteiger partial charge in [-0.25, -0.2) is 4.39 Å². The first-order chi connectivity index (χ1) is 16.8. The van der Waals surface area contributed by atoms with Crippen molar-refractivity contribution in [2.75, 3.05) is 6.54 Å². The first kappa shape index (κ1) is 24.6. The van der Waals surface area contributed by atoms with Crippen LogP contribution < -0.4 is 0 Å². The number of hydrogen-bond acceptors (Lipinski definition) is 4. The average molecular weight is 496 g/mol. The second-order valence-corrected chi connectivity index (χ2v) is 8.90. The van der Waals surface area contributed by atoms with Gasteiger partial charge in [0.25, 0.3) is 11.8 Å². The molecule has 35 heavy (non-hydrogen) atoms. The lowest BCUT2D eigenvalue weighted by Crippen LogP contribution is -2.36. The molecule has 1 aliphatic heterocycles. The third-order valence-electron chi connectivity index (χ3n) is 6.24. The predicted octanol–water partition coefficient (Wildman–Crippen LogP) is 4.83. The van der Waals surface area contributed by atoms with E-state index in [1.54, 1.807) is 60.7 Å². The van der Waals surface area contributed by atoms with Crippen molar-refractivity contribution in [1.82, 2.24) is 4.90 Å². The molecule has 8 heteroatoms. The first-order valence-electron chi connectivity index (χ1n) is 11.2. The molecule has 0 aliphatic carbocycles. The molecule has 0 radical (unpaired) electrons. The van der Waals surface area contributed by atoms with E-state index in [0.29, 0.717) is 22.6 Å². The highest BCUT2D eigenvalue weighted by molar-refractivity contribution is 6.30. The zero-order valence-electron chi connectivity index (χ0n) is 18.7. The molecule has 2 N–H and O–H groups in total. The third kappa shape index (κ3) is 5.26. The lowest BCUT2D eigenvalue weighted by atomic mass is 9.92. The van der Waals surface area contributed by atoms with Crippen LogP contribution in [0.4, 0.5) is 4.39 Å². The largest absolute Gasteiger partial charge is 0.481 e. The molecular formula is C27H23ClFNO5. The van der Waals surface area contributed by atoms with Crippen LogP contribution in [0, 0.1) is 11.7 Å². The summed E-state index contributed by atoms with van der Waals surface area (Å²) in [5.74, 6) is -3.72. The maximum Gasteiger partial charge on any atom is 0.309 e. The van der Waals surface area contributed by atoms with E-state index in [9.17, 15) is 29.0 Å². The van der Waals surface area contributed by atoms with E-state index in [2.05, 4.69) is 0 Å². The number of benzene rings is 3. The summed E-state index contributed by atoms with van der Waals surface area (Å²) in [7, 11) is 0. The van der Waals surface area contributed by atoms with E-state index in [1.165, 1.54) is 6.07 Å². The Morgan fingerprint density at radius 2 is 1.54 bits per heavy atom. The highest BCUT2D eigenvalue weighted by atomic mass is 35.5. The van der Waals surface area contributed by atoms with E-state index in [1.807, 2.05) is 0 Å². The minimum Gasteiger partial charge on any atom is -0.481 e. The number of rotatable bonds is 9. The number of aliphatic hydroxyl groups excluding tert-OH is 1. The lowest BCUT2D eigenvalue weighted by molar-refractivity contribution is -0.146. The zero-order chi connectivity index (χ0) is 25.1. The molecule has 180 valence electrons. The maximum atomic E-state index is 14.4. The molecule has 0 aromatic heterocycles. The molecule has 4 rings (SSSR count). The summed E-state index contributed by atoms with van der Waals surface area (Å²) in [6.45, 7) is -0.113. The molecule has 6 nitrogen and oxygen atoms in total. The smallest absolute Gasteiger partial charge is 0.309 e. The number of carbonyl (C=O) groups excluding carboxylic acids is 2. The van der Waals surface area contributed by atoms with Crippen LogP contribution in [0.1, 0.15) is 39.1 Å². The van der Waals surface area contributed by atoms with Crippen LogP contribution >= 0.6 is 11.6 Å². The van der Waals surface area contributed by atoms with Gasteiger partial charge in [-0.05, 0) is 66.8 Å². The molecule has 0 saturated carbocycles. The number of aryl methyl sites for hydroxylation is 1. The Hall–Kier alpha value is -3.55. The van der Waals surface area contributed by atoms with Crippen LogP contribution in [0.3, 0.4) is 0 Å². The van der Waals surface area contributed by atoms with Crippen LogP contribution in [-0.4, -0.2) is 45.5 Å². The van der Waals surface area contributed by atoms with Crippen LogP contribution in [0.2, 0.25) is 5.02 Å². The number of amides is 2. The van der Waals surface area contributed by atoms with Gasteiger partial charge in [0.05, 0.1) is 23.1 Å². The number of hydrogen-bond donors (Lipinski definition) is 2.